The Labute approximate surface area is 148 Å². The van der Waals surface area contributed by atoms with Crippen molar-refractivity contribution in [2.45, 2.75) is 12.6 Å². The molecule has 0 bridgehead atoms. The Hall–Kier alpha value is 0.280. The molecule has 0 aliphatic rings. The van der Waals surface area contributed by atoms with Crippen LogP contribution in [0.15, 0.2) is 42.4 Å². The minimum absolute atomic E-state index is 0.207. The average molecular weight is 483 g/mol. The summed E-state index contributed by atoms with van der Waals surface area (Å²) >= 11 is 12.3. The van der Waals surface area contributed by atoms with Gasteiger partial charge in [-0.1, -0.05) is 6.07 Å². The highest BCUT2D eigenvalue weighted by Gasteiger charge is 2.17. The van der Waals surface area contributed by atoms with Crippen molar-refractivity contribution < 1.29 is 0 Å². The smallest absolute Gasteiger partial charge is 0.0701 e. The summed E-state index contributed by atoms with van der Waals surface area (Å²) in [5.74, 6) is 0. The quantitative estimate of drug-likeness (QED) is 0.637. The van der Waals surface area contributed by atoms with E-state index in [2.05, 4.69) is 89.4 Å². The lowest BCUT2D eigenvalue weighted by Gasteiger charge is -2.27. The summed E-state index contributed by atoms with van der Waals surface area (Å²) in [6.07, 6.45) is 0. The van der Waals surface area contributed by atoms with Crippen LogP contribution in [-0.2, 0) is 6.54 Å². The van der Waals surface area contributed by atoms with E-state index < -0.39 is 0 Å². The lowest BCUT2D eigenvalue weighted by Crippen LogP contribution is -2.30. The molecule has 1 atom stereocenters. The van der Waals surface area contributed by atoms with Crippen LogP contribution in [0.5, 0.6) is 0 Å². The molecular formula is C14H15Br3N2S. The largest absolute Gasteiger partial charge is 0.329 e. The summed E-state index contributed by atoms with van der Waals surface area (Å²) < 4.78 is 3.28. The number of nitrogens with zero attached hydrogens (tertiary/aromatic N) is 1. The predicted molar refractivity (Wildman–Crippen MR) is 97.1 cm³/mol. The second kappa shape index (κ2) is 7.51. The van der Waals surface area contributed by atoms with Gasteiger partial charge in [0.05, 0.1) is 3.79 Å². The SMILES string of the molecule is CN(Cc1csc(Br)c1)C(CN)c1ccc(Br)c(Br)c1. The Morgan fingerprint density at radius 1 is 1.20 bits per heavy atom. The molecule has 0 aliphatic heterocycles. The van der Waals surface area contributed by atoms with Crippen LogP contribution in [0.3, 0.4) is 0 Å². The summed E-state index contributed by atoms with van der Waals surface area (Å²) in [6.45, 7) is 1.48. The van der Waals surface area contributed by atoms with Gasteiger partial charge in [-0.2, -0.15) is 0 Å². The number of hydrogen-bond donors (Lipinski definition) is 1. The Morgan fingerprint density at radius 3 is 2.50 bits per heavy atom. The number of hydrogen-bond acceptors (Lipinski definition) is 3. The van der Waals surface area contributed by atoms with Gasteiger partial charge < -0.3 is 5.73 Å². The molecule has 1 aromatic carbocycles. The average Bonchev–Trinajstić information content (AvgIpc) is 2.80. The zero-order valence-corrected chi connectivity index (χ0v) is 16.5. The van der Waals surface area contributed by atoms with Crippen molar-refractivity contribution in [2.75, 3.05) is 13.6 Å². The van der Waals surface area contributed by atoms with Gasteiger partial charge in [-0.15, -0.1) is 11.3 Å². The Bertz CT molecular complexity index is 586. The fourth-order valence-corrected chi connectivity index (χ4v) is 3.96. The Kier molecular flexibility index (Phi) is 6.25. The highest BCUT2D eigenvalue weighted by Crippen LogP contribution is 2.29. The summed E-state index contributed by atoms with van der Waals surface area (Å²) in [5, 5.41) is 2.17. The van der Waals surface area contributed by atoms with Gasteiger partial charge in [-0.25, -0.2) is 0 Å². The van der Waals surface area contributed by atoms with Gasteiger partial charge in [0, 0.05) is 28.1 Å². The number of thiophene rings is 1. The maximum Gasteiger partial charge on any atom is 0.0701 e. The highest BCUT2D eigenvalue weighted by molar-refractivity contribution is 9.13. The molecule has 0 saturated carbocycles. The molecule has 0 fully saturated rings. The lowest BCUT2D eigenvalue weighted by atomic mass is 10.1. The minimum atomic E-state index is 0.207. The van der Waals surface area contributed by atoms with Gasteiger partial charge in [0.25, 0.3) is 0 Å². The second-order valence-corrected chi connectivity index (χ2v) is 8.60. The first kappa shape index (κ1) is 16.6. The monoisotopic (exact) mass is 480 g/mol. The van der Waals surface area contributed by atoms with Crippen LogP contribution < -0.4 is 5.73 Å². The van der Waals surface area contributed by atoms with E-state index >= 15 is 0 Å². The third kappa shape index (κ3) is 4.15. The molecule has 0 spiro atoms. The summed E-state index contributed by atoms with van der Waals surface area (Å²) in [4.78, 5) is 2.28. The molecule has 6 heteroatoms. The van der Waals surface area contributed by atoms with Gasteiger partial charge >= 0.3 is 0 Å². The zero-order valence-electron chi connectivity index (χ0n) is 10.9. The number of halogens is 3. The molecule has 1 unspecified atom stereocenters. The second-order valence-electron chi connectivity index (χ2n) is 4.60. The van der Waals surface area contributed by atoms with E-state index in [1.807, 2.05) is 0 Å². The molecule has 1 aromatic heterocycles. The summed E-state index contributed by atoms with van der Waals surface area (Å²) in [6, 6.07) is 8.66. The van der Waals surface area contributed by atoms with Crippen molar-refractivity contribution in [1.82, 2.24) is 4.90 Å². The molecule has 0 radical (unpaired) electrons. The van der Waals surface area contributed by atoms with E-state index in [1.54, 1.807) is 11.3 Å². The van der Waals surface area contributed by atoms with Gasteiger partial charge in [0.15, 0.2) is 0 Å². The molecule has 0 amide bonds. The van der Waals surface area contributed by atoms with E-state index in [-0.39, 0.29) is 6.04 Å². The third-order valence-electron chi connectivity index (χ3n) is 3.14. The number of nitrogens with two attached hydrogens (primary N) is 1. The van der Waals surface area contributed by atoms with Crippen molar-refractivity contribution >= 4 is 59.1 Å². The molecule has 1 heterocycles. The normalized spacial score (nSPS) is 12.9. The number of likely N-dealkylation sites (N-methyl/N-ethyl adjacent to an activating group) is 1. The first-order valence-corrected chi connectivity index (χ1v) is 9.35. The Balaban J connectivity index is 2.16. The first-order valence-electron chi connectivity index (χ1n) is 6.09. The molecule has 0 saturated heterocycles. The third-order valence-corrected chi connectivity index (χ3v) is 6.57. The molecule has 20 heavy (non-hydrogen) atoms. The fourth-order valence-electron chi connectivity index (χ4n) is 2.12. The zero-order chi connectivity index (χ0) is 14.7. The van der Waals surface area contributed by atoms with E-state index in [9.17, 15) is 0 Å². The topological polar surface area (TPSA) is 29.3 Å². The highest BCUT2D eigenvalue weighted by atomic mass is 79.9. The van der Waals surface area contributed by atoms with Crippen molar-refractivity contribution in [3.8, 4) is 0 Å². The van der Waals surface area contributed by atoms with Gasteiger partial charge in [0.2, 0.25) is 0 Å². The van der Waals surface area contributed by atoms with Crippen molar-refractivity contribution in [3.63, 3.8) is 0 Å². The van der Waals surface area contributed by atoms with Gasteiger partial charge in [-0.05, 0) is 89.5 Å². The molecule has 2 N–H and O–H groups in total. The molecule has 2 rings (SSSR count). The molecular weight excluding hydrogens is 468 g/mol. The van der Waals surface area contributed by atoms with Gasteiger partial charge in [0.1, 0.15) is 0 Å². The van der Waals surface area contributed by atoms with E-state index in [0.717, 1.165) is 19.3 Å². The van der Waals surface area contributed by atoms with E-state index in [0.29, 0.717) is 6.54 Å². The van der Waals surface area contributed by atoms with Gasteiger partial charge in [-0.3, -0.25) is 4.90 Å². The summed E-state index contributed by atoms with van der Waals surface area (Å²) in [5.41, 5.74) is 8.50. The minimum Gasteiger partial charge on any atom is -0.329 e. The van der Waals surface area contributed by atoms with Crippen molar-refractivity contribution in [2.24, 2.45) is 5.73 Å². The maximum atomic E-state index is 5.98. The van der Waals surface area contributed by atoms with Crippen molar-refractivity contribution in [1.29, 1.82) is 0 Å². The fraction of sp³-hybridized carbons (Fsp3) is 0.286. The molecule has 2 aromatic rings. The van der Waals surface area contributed by atoms with Crippen LogP contribution >= 0.6 is 59.1 Å². The number of rotatable bonds is 5. The van der Waals surface area contributed by atoms with E-state index in [1.165, 1.54) is 11.1 Å². The van der Waals surface area contributed by atoms with Crippen LogP contribution in [-0.4, -0.2) is 18.5 Å². The maximum absolute atomic E-state index is 5.98. The molecule has 2 nitrogen and oxygen atoms in total. The molecule has 0 aliphatic carbocycles. The van der Waals surface area contributed by atoms with Crippen molar-refractivity contribution in [3.05, 3.63) is 53.5 Å². The Morgan fingerprint density at radius 2 is 1.95 bits per heavy atom. The molecule has 108 valence electrons. The summed E-state index contributed by atoms with van der Waals surface area (Å²) in [7, 11) is 2.11. The van der Waals surface area contributed by atoms with E-state index in [4.69, 9.17) is 5.73 Å². The van der Waals surface area contributed by atoms with Crippen LogP contribution in [0.1, 0.15) is 17.2 Å². The number of benzene rings is 1. The predicted octanol–water partition coefficient (Wildman–Crippen LogP) is 5.17. The van der Waals surface area contributed by atoms with Crippen LogP contribution in [0.4, 0.5) is 0 Å². The van der Waals surface area contributed by atoms with Crippen LogP contribution in [0.2, 0.25) is 0 Å². The first-order chi connectivity index (χ1) is 9.51. The van der Waals surface area contributed by atoms with Crippen LogP contribution in [0, 0.1) is 0 Å². The lowest BCUT2D eigenvalue weighted by molar-refractivity contribution is 0.242. The standard InChI is InChI=1S/C14H15Br3N2S/c1-19(7-9-4-14(17)20-8-9)13(6-18)10-2-3-11(15)12(16)5-10/h2-5,8,13H,6-7,18H2,1H3. The van der Waals surface area contributed by atoms with Crippen LogP contribution in [0.25, 0.3) is 0 Å².